The fourth-order valence-corrected chi connectivity index (χ4v) is 3.52. The van der Waals surface area contributed by atoms with Crippen molar-refractivity contribution in [3.05, 3.63) is 65.8 Å². The lowest BCUT2D eigenvalue weighted by Gasteiger charge is -2.08. The van der Waals surface area contributed by atoms with Crippen LogP contribution in [0, 0.1) is 6.92 Å². The van der Waals surface area contributed by atoms with Crippen molar-refractivity contribution in [1.82, 2.24) is 20.6 Å². The Morgan fingerprint density at radius 2 is 2.09 bits per heavy atom. The molecule has 3 heterocycles. The summed E-state index contributed by atoms with van der Waals surface area (Å²) in [6, 6.07) is 9.68. The van der Waals surface area contributed by atoms with Crippen LogP contribution >= 0.6 is 0 Å². The van der Waals surface area contributed by atoms with Crippen LogP contribution in [0.15, 0.2) is 57.8 Å². The zero-order valence-electron chi connectivity index (χ0n) is 19.1. The van der Waals surface area contributed by atoms with Crippen LogP contribution in [0.25, 0.3) is 22.6 Å². The highest BCUT2D eigenvalue weighted by atomic mass is 16.5. The van der Waals surface area contributed by atoms with Crippen molar-refractivity contribution in [2.45, 2.75) is 39.8 Å². The molecule has 33 heavy (non-hydrogen) atoms. The van der Waals surface area contributed by atoms with E-state index < -0.39 is 0 Å². The van der Waals surface area contributed by atoms with Gasteiger partial charge in [0.05, 0.1) is 12.0 Å². The van der Waals surface area contributed by atoms with E-state index in [-0.39, 0.29) is 23.5 Å². The van der Waals surface area contributed by atoms with E-state index in [2.05, 4.69) is 20.6 Å². The summed E-state index contributed by atoms with van der Waals surface area (Å²) in [4.78, 5) is 20.6. The van der Waals surface area contributed by atoms with E-state index in [1.807, 2.05) is 57.3 Å². The van der Waals surface area contributed by atoms with Crippen LogP contribution in [0.1, 0.15) is 41.9 Å². The van der Waals surface area contributed by atoms with Gasteiger partial charge in [-0.1, -0.05) is 12.1 Å². The van der Waals surface area contributed by atoms with Crippen LogP contribution < -0.4 is 15.4 Å². The Kier molecular flexibility index (Phi) is 7.04. The lowest BCUT2D eigenvalue weighted by atomic mass is 10.1. The van der Waals surface area contributed by atoms with Crippen LogP contribution in [0.4, 0.5) is 0 Å². The molecule has 0 saturated heterocycles. The number of nitrogens with zero attached hydrogens (tertiary/aromatic N) is 2. The zero-order chi connectivity index (χ0) is 23.2. The second-order valence-corrected chi connectivity index (χ2v) is 8.09. The molecule has 0 unspecified atom stereocenters. The van der Waals surface area contributed by atoms with Crippen molar-refractivity contribution < 1.29 is 18.4 Å². The number of carbonyl (C=O) groups excluding carboxylic acids is 1. The highest BCUT2D eigenvalue weighted by Gasteiger charge is 2.22. The van der Waals surface area contributed by atoms with Crippen molar-refractivity contribution in [2.75, 3.05) is 13.2 Å². The Morgan fingerprint density at radius 1 is 1.21 bits per heavy atom. The molecule has 4 aromatic rings. The number of hydrogen-bond acceptors (Lipinski definition) is 7. The van der Waals surface area contributed by atoms with Crippen LogP contribution in [0.3, 0.4) is 0 Å². The van der Waals surface area contributed by atoms with E-state index >= 15 is 0 Å². The topological polar surface area (TPSA) is 102 Å². The number of nitrogens with one attached hydrogen (secondary N) is 2. The number of ether oxygens (including phenoxy) is 1. The third-order valence-corrected chi connectivity index (χ3v) is 5.07. The van der Waals surface area contributed by atoms with Crippen molar-refractivity contribution in [1.29, 1.82) is 0 Å². The first kappa shape index (κ1) is 22.5. The van der Waals surface area contributed by atoms with Crippen molar-refractivity contribution in [3.63, 3.8) is 0 Å². The smallest absolute Gasteiger partial charge is 0.273 e. The van der Waals surface area contributed by atoms with E-state index in [1.165, 1.54) is 6.26 Å². The largest absolute Gasteiger partial charge is 0.493 e. The maximum atomic E-state index is 12.2. The molecule has 0 bridgehead atoms. The highest BCUT2D eigenvalue weighted by Crippen LogP contribution is 2.37. The molecule has 1 amide bonds. The lowest BCUT2D eigenvalue weighted by molar-refractivity contribution is 0.0938. The quantitative estimate of drug-likeness (QED) is 0.345. The van der Waals surface area contributed by atoms with Crippen LogP contribution in [-0.4, -0.2) is 35.1 Å². The molecular formula is C25H28N4O4. The number of oxazole rings is 1. The summed E-state index contributed by atoms with van der Waals surface area (Å²) in [5.41, 5.74) is 2.91. The van der Waals surface area contributed by atoms with Gasteiger partial charge in [0.1, 0.15) is 17.6 Å². The number of hydrogen-bond donors (Lipinski definition) is 2. The Bertz CT molecular complexity index is 1210. The van der Waals surface area contributed by atoms with Crippen molar-refractivity contribution >= 4 is 16.9 Å². The maximum absolute atomic E-state index is 12.2. The van der Waals surface area contributed by atoms with E-state index in [9.17, 15) is 4.79 Å². The maximum Gasteiger partial charge on any atom is 0.273 e. The van der Waals surface area contributed by atoms with Gasteiger partial charge in [-0.05, 0) is 57.5 Å². The summed E-state index contributed by atoms with van der Waals surface area (Å²) >= 11 is 0. The van der Waals surface area contributed by atoms with Gasteiger partial charge in [0.2, 0.25) is 0 Å². The van der Waals surface area contributed by atoms with Gasteiger partial charge < -0.3 is 24.2 Å². The molecule has 0 radical (unpaired) electrons. The van der Waals surface area contributed by atoms with E-state index in [0.717, 1.165) is 41.8 Å². The molecule has 0 aliphatic carbocycles. The molecule has 0 aliphatic rings. The molecule has 0 atom stereocenters. The van der Waals surface area contributed by atoms with Gasteiger partial charge >= 0.3 is 0 Å². The number of pyridine rings is 1. The summed E-state index contributed by atoms with van der Waals surface area (Å²) in [5, 5.41) is 7.07. The van der Waals surface area contributed by atoms with Crippen LogP contribution in [0.2, 0.25) is 0 Å². The fraction of sp³-hybridized carbons (Fsp3) is 0.320. The molecule has 8 heteroatoms. The number of benzene rings is 1. The SMILES string of the molecule is Cc1c(-c2nc(C(=O)NC(C)C)co2)oc2cccc(OCCCNCc3cccnc3)c12. The minimum atomic E-state index is -0.282. The van der Waals surface area contributed by atoms with Gasteiger partial charge in [-0.15, -0.1) is 0 Å². The minimum Gasteiger partial charge on any atom is -0.493 e. The molecule has 0 fully saturated rings. The van der Waals surface area contributed by atoms with Crippen molar-refractivity contribution in [2.24, 2.45) is 0 Å². The summed E-state index contributed by atoms with van der Waals surface area (Å²) < 4.78 is 17.6. The summed E-state index contributed by atoms with van der Waals surface area (Å²) in [5.74, 6) is 1.22. The predicted octanol–water partition coefficient (Wildman–Crippen LogP) is 4.49. The fourth-order valence-electron chi connectivity index (χ4n) is 3.52. The standard InChI is InChI=1S/C25H28N4O4/c1-16(2)28-24(30)19-15-32-25(29-19)23-17(3)22-20(8-4-9-21(22)33-23)31-12-6-11-27-14-18-7-5-10-26-13-18/h4-5,7-10,13,15-16,27H,6,11-12,14H2,1-3H3,(H,28,30). The van der Waals surface area contributed by atoms with E-state index in [0.29, 0.717) is 18.0 Å². The Hall–Kier alpha value is -3.65. The molecule has 8 nitrogen and oxygen atoms in total. The normalized spacial score (nSPS) is 11.3. The van der Waals surface area contributed by atoms with E-state index in [1.54, 1.807) is 6.20 Å². The number of aryl methyl sites for hydroxylation is 1. The number of aromatic nitrogens is 2. The van der Waals surface area contributed by atoms with Gasteiger partial charge in [0.25, 0.3) is 11.8 Å². The third-order valence-electron chi connectivity index (χ3n) is 5.07. The Morgan fingerprint density at radius 3 is 2.88 bits per heavy atom. The summed E-state index contributed by atoms with van der Waals surface area (Å²) in [6.07, 6.45) is 5.83. The van der Waals surface area contributed by atoms with Gasteiger partial charge in [-0.3, -0.25) is 9.78 Å². The predicted molar refractivity (Wildman–Crippen MR) is 125 cm³/mol. The highest BCUT2D eigenvalue weighted by molar-refractivity contribution is 5.94. The number of furan rings is 1. The minimum absolute atomic E-state index is 0.0100. The first-order valence-corrected chi connectivity index (χ1v) is 11.0. The first-order chi connectivity index (χ1) is 16.0. The average molecular weight is 449 g/mol. The van der Waals surface area contributed by atoms with Gasteiger partial charge in [0.15, 0.2) is 11.5 Å². The molecule has 1 aromatic carbocycles. The van der Waals surface area contributed by atoms with E-state index in [4.69, 9.17) is 13.6 Å². The summed E-state index contributed by atoms with van der Waals surface area (Å²) in [7, 11) is 0. The number of fused-ring (bicyclic) bond motifs is 1. The zero-order valence-corrected chi connectivity index (χ0v) is 19.1. The van der Waals surface area contributed by atoms with Gasteiger partial charge in [0, 0.05) is 30.5 Å². The average Bonchev–Trinajstić information content (AvgIpc) is 3.42. The molecule has 0 saturated carbocycles. The third kappa shape index (κ3) is 5.40. The monoisotopic (exact) mass is 448 g/mol. The molecule has 0 spiro atoms. The molecule has 4 rings (SSSR count). The molecule has 3 aromatic heterocycles. The first-order valence-electron chi connectivity index (χ1n) is 11.0. The molecule has 172 valence electrons. The lowest BCUT2D eigenvalue weighted by Crippen LogP contribution is -2.30. The Labute approximate surface area is 192 Å². The van der Waals surface area contributed by atoms with Crippen LogP contribution in [0.5, 0.6) is 5.75 Å². The van der Waals surface area contributed by atoms with Gasteiger partial charge in [-0.2, -0.15) is 0 Å². The number of carbonyl (C=O) groups is 1. The number of rotatable bonds is 10. The molecule has 0 aliphatic heterocycles. The summed E-state index contributed by atoms with van der Waals surface area (Å²) in [6.45, 7) is 7.89. The molecule has 2 N–H and O–H groups in total. The second-order valence-electron chi connectivity index (χ2n) is 8.09. The second kappa shape index (κ2) is 10.3. The van der Waals surface area contributed by atoms with Gasteiger partial charge in [-0.25, -0.2) is 4.98 Å². The Balaban J connectivity index is 1.40. The number of amides is 1. The molecular weight excluding hydrogens is 420 g/mol. The van der Waals surface area contributed by atoms with Crippen LogP contribution in [-0.2, 0) is 6.54 Å². The van der Waals surface area contributed by atoms with Crippen molar-refractivity contribution in [3.8, 4) is 17.4 Å².